The molecule has 2 heterocycles. The van der Waals surface area contributed by atoms with Gasteiger partial charge < -0.3 is 4.90 Å². The van der Waals surface area contributed by atoms with E-state index >= 15 is 0 Å². The number of aromatic nitrogens is 2. The molecule has 1 atom stereocenters. The first-order valence-electron chi connectivity index (χ1n) is 6.99. The molecule has 20 heavy (non-hydrogen) atoms. The van der Waals surface area contributed by atoms with Crippen molar-refractivity contribution in [1.29, 1.82) is 0 Å². The van der Waals surface area contributed by atoms with Gasteiger partial charge in [-0.3, -0.25) is 9.59 Å². The number of hydrogen-bond acceptors (Lipinski definition) is 5. The lowest BCUT2D eigenvalue weighted by molar-refractivity contribution is -0.125. The summed E-state index contributed by atoms with van der Waals surface area (Å²) in [4.78, 5) is 26.8. The SMILES string of the molecule is CCC1CN(C(=O)c2snnc2C(C)(C)C)CCC1=O. The third kappa shape index (κ3) is 2.90. The number of hydrogen-bond donors (Lipinski definition) is 0. The van der Waals surface area contributed by atoms with Crippen LogP contribution in [0.4, 0.5) is 0 Å². The summed E-state index contributed by atoms with van der Waals surface area (Å²) in [7, 11) is 0. The van der Waals surface area contributed by atoms with Crippen molar-refractivity contribution >= 4 is 23.2 Å². The van der Waals surface area contributed by atoms with Gasteiger partial charge in [-0.05, 0) is 18.0 Å². The van der Waals surface area contributed by atoms with Gasteiger partial charge in [0.1, 0.15) is 10.7 Å². The van der Waals surface area contributed by atoms with Crippen molar-refractivity contribution in [3.63, 3.8) is 0 Å². The molecule has 0 saturated carbocycles. The predicted octanol–water partition coefficient (Wildman–Crippen LogP) is 2.28. The molecule has 1 aromatic heterocycles. The molecule has 5 nitrogen and oxygen atoms in total. The van der Waals surface area contributed by atoms with Crippen LogP contribution in [-0.2, 0) is 10.2 Å². The summed E-state index contributed by atoms with van der Waals surface area (Å²) in [5.41, 5.74) is 0.547. The number of piperidine rings is 1. The molecule has 0 radical (unpaired) electrons. The molecular formula is C14H21N3O2S. The van der Waals surface area contributed by atoms with Crippen LogP contribution in [0.3, 0.4) is 0 Å². The Kier molecular flexibility index (Phi) is 4.22. The molecule has 1 aromatic rings. The van der Waals surface area contributed by atoms with Crippen molar-refractivity contribution < 1.29 is 9.59 Å². The van der Waals surface area contributed by atoms with Crippen LogP contribution in [0.2, 0.25) is 0 Å². The number of carbonyl (C=O) groups is 2. The minimum Gasteiger partial charge on any atom is -0.337 e. The quantitative estimate of drug-likeness (QED) is 0.839. The van der Waals surface area contributed by atoms with Crippen molar-refractivity contribution in [1.82, 2.24) is 14.5 Å². The maximum Gasteiger partial charge on any atom is 0.267 e. The molecule has 1 saturated heterocycles. The van der Waals surface area contributed by atoms with Crippen LogP contribution < -0.4 is 0 Å². The Morgan fingerprint density at radius 2 is 2.15 bits per heavy atom. The molecule has 0 spiro atoms. The fraction of sp³-hybridized carbons (Fsp3) is 0.714. The van der Waals surface area contributed by atoms with E-state index in [4.69, 9.17) is 0 Å². The zero-order valence-corrected chi connectivity index (χ0v) is 13.3. The van der Waals surface area contributed by atoms with Gasteiger partial charge in [-0.2, -0.15) is 0 Å². The maximum absolute atomic E-state index is 12.6. The third-order valence-corrected chi connectivity index (χ3v) is 4.41. The molecule has 2 rings (SSSR count). The zero-order valence-electron chi connectivity index (χ0n) is 12.5. The highest BCUT2D eigenvalue weighted by molar-refractivity contribution is 7.08. The minimum absolute atomic E-state index is 0.0216. The fourth-order valence-electron chi connectivity index (χ4n) is 2.41. The van der Waals surface area contributed by atoms with Gasteiger partial charge in [0.25, 0.3) is 5.91 Å². The number of amides is 1. The normalized spacial score (nSPS) is 20.3. The van der Waals surface area contributed by atoms with Crippen LogP contribution in [-0.4, -0.2) is 39.3 Å². The smallest absolute Gasteiger partial charge is 0.267 e. The topological polar surface area (TPSA) is 63.2 Å². The summed E-state index contributed by atoms with van der Waals surface area (Å²) >= 11 is 1.15. The highest BCUT2D eigenvalue weighted by atomic mass is 32.1. The van der Waals surface area contributed by atoms with Crippen molar-refractivity contribution in [2.45, 2.75) is 46.0 Å². The molecule has 1 amide bonds. The standard InChI is InChI=1S/C14H21N3O2S/c1-5-9-8-17(7-6-10(9)18)13(19)11-12(14(2,3)4)15-16-20-11/h9H,5-8H2,1-4H3. The summed E-state index contributed by atoms with van der Waals surface area (Å²) in [5, 5.41) is 4.11. The van der Waals surface area contributed by atoms with Crippen LogP contribution in [0.1, 0.15) is 55.9 Å². The number of rotatable bonds is 2. The number of ketones is 1. The molecule has 0 aliphatic carbocycles. The van der Waals surface area contributed by atoms with Gasteiger partial charge in [0.05, 0.1) is 5.69 Å². The first-order valence-corrected chi connectivity index (χ1v) is 7.76. The summed E-state index contributed by atoms with van der Waals surface area (Å²) < 4.78 is 3.94. The van der Waals surface area contributed by atoms with Gasteiger partial charge in [0.15, 0.2) is 0 Å². The molecule has 1 aliphatic heterocycles. The number of nitrogens with zero attached hydrogens (tertiary/aromatic N) is 3. The molecule has 0 bridgehead atoms. The second-order valence-corrected chi connectivity index (χ2v) is 7.03. The highest BCUT2D eigenvalue weighted by Crippen LogP contribution is 2.28. The van der Waals surface area contributed by atoms with Gasteiger partial charge in [0, 0.05) is 30.8 Å². The van der Waals surface area contributed by atoms with E-state index in [0.29, 0.717) is 24.4 Å². The van der Waals surface area contributed by atoms with Gasteiger partial charge in [-0.15, -0.1) is 5.10 Å². The van der Waals surface area contributed by atoms with E-state index in [2.05, 4.69) is 9.59 Å². The van der Waals surface area contributed by atoms with Gasteiger partial charge >= 0.3 is 0 Å². The second kappa shape index (κ2) is 5.60. The Morgan fingerprint density at radius 3 is 2.75 bits per heavy atom. The minimum atomic E-state index is -0.201. The Hall–Kier alpha value is -1.30. The van der Waals surface area contributed by atoms with E-state index in [9.17, 15) is 9.59 Å². The number of likely N-dealkylation sites (tertiary alicyclic amines) is 1. The van der Waals surface area contributed by atoms with Crippen LogP contribution in [0.25, 0.3) is 0 Å². The van der Waals surface area contributed by atoms with E-state index in [-0.39, 0.29) is 23.0 Å². The lowest BCUT2D eigenvalue weighted by Gasteiger charge is -2.31. The Balaban J connectivity index is 2.20. The van der Waals surface area contributed by atoms with E-state index in [1.807, 2.05) is 27.7 Å². The van der Waals surface area contributed by atoms with Crippen LogP contribution in [0, 0.1) is 5.92 Å². The lowest BCUT2D eigenvalue weighted by Crippen LogP contribution is -2.44. The molecule has 0 N–H and O–H groups in total. The van der Waals surface area contributed by atoms with Gasteiger partial charge in [0.2, 0.25) is 0 Å². The van der Waals surface area contributed by atoms with Crippen molar-refractivity contribution in [3.8, 4) is 0 Å². The molecule has 110 valence electrons. The van der Waals surface area contributed by atoms with E-state index in [0.717, 1.165) is 23.6 Å². The van der Waals surface area contributed by atoms with E-state index in [1.54, 1.807) is 4.90 Å². The monoisotopic (exact) mass is 295 g/mol. The molecule has 1 aliphatic rings. The zero-order chi connectivity index (χ0) is 14.9. The first kappa shape index (κ1) is 15.1. The van der Waals surface area contributed by atoms with Crippen LogP contribution in [0.15, 0.2) is 0 Å². The molecule has 1 unspecified atom stereocenters. The van der Waals surface area contributed by atoms with E-state index in [1.165, 1.54) is 0 Å². The summed E-state index contributed by atoms with van der Waals surface area (Å²) in [6.45, 7) is 9.09. The molecule has 1 fully saturated rings. The molecular weight excluding hydrogens is 274 g/mol. The van der Waals surface area contributed by atoms with Crippen molar-refractivity contribution in [3.05, 3.63) is 10.6 Å². The third-order valence-electron chi connectivity index (χ3n) is 3.70. The molecule has 6 heteroatoms. The largest absolute Gasteiger partial charge is 0.337 e. The highest BCUT2D eigenvalue weighted by Gasteiger charge is 2.33. The second-order valence-electron chi connectivity index (χ2n) is 6.27. The average Bonchev–Trinajstić information content (AvgIpc) is 2.87. The van der Waals surface area contributed by atoms with Crippen LogP contribution >= 0.6 is 11.5 Å². The summed E-state index contributed by atoms with van der Waals surface area (Å²) in [5.74, 6) is 0.220. The van der Waals surface area contributed by atoms with Gasteiger partial charge in [-0.25, -0.2) is 0 Å². The summed E-state index contributed by atoms with van der Waals surface area (Å²) in [6, 6.07) is 0. The van der Waals surface area contributed by atoms with E-state index < -0.39 is 0 Å². The fourth-order valence-corrected chi connectivity index (χ4v) is 3.26. The Bertz CT molecular complexity index is 519. The molecule has 0 aromatic carbocycles. The first-order chi connectivity index (χ1) is 9.34. The maximum atomic E-state index is 12.6. The Morgan fingerprint density at radius 1 is 1.45 bits per heavy atom. The lowest BCUT2D eigenvalue weighted by atomic mass is 9.90. The number of Topliss-reactive ketones (excluding diaryl/α,β-unsaturated/α-hetero) is 1. The van der Waals surface area contributed by atoms with Crippen LogP contribution in [0.5, 0.6) is 0 Å². The summed E-state index contributed by atoms with van der Waals surface area (Å²) in [6.07, 6.45) is 1.25. The van der Waals surface area contributed by atoms with Crippen molar-refractivity contribution in [2.24, 2.45) is 5.92 Å². The average molecular weight is 295 g/mol. The predicted molar refractivity (Wildman–Crippen MR) is 77.9 cm³/mol. The Labute approximate surface area is 123 Å². The van der Waals surface area contributed by atoms with Crippen molar-refractivity contribution in [2.75, 3.05) is 13.1 Å². The van der Waals surface area contributed by atoms with Gasteiger partial charge in [-0.1, -0.05) is 32.2 Å². The number of carbonyl (C=O) groups excluding carboxylic acids is 2.